The summed E-state index contributed by atoms with van der Waals surface area (Å²) in [5.41, 5.74) is 0.412. The van der Waals surface area contributed by atoms with Gasteiger partial charge in [0.1, 0.15) is 11.1 Å². The SMILES string of the molecule is COc1[nH]n(-c2ccccc2)c(=O)c1C=Nc1cccc(Cl)c1C(=O)O. The van der Waals surface area contributed by atoms with Gasteiger partial charge in [0, 0.05) is 6.21 Å². The van der Waals surface area contributed by atoms with Gasteiger partial charge in [0.05, 0.1) is 23.5 Å². The fraction of sp³-hybridized carbons (Fsp3) is 0.0556. The first kappa shape index (κ1) is 17.5. The molecule has 3 aromatic rings. The Kier molecular flexibility index (Phi) is 4.90. The zero-order valence-corrected chi connectivity index (χ0v) is 14.4. The molecule has 0 aliphatic rings. The van der Waals surface area contributed by atoms with Gasteiger partial charge in [0.25, 0.3) is 5.56 Å². The minimum absolute atomic E-state index is 0.0647. The van der Waals surface area contributed by atoms with Crippen LogP contribution in [0.4, 0.5) is 5.69 Å². The van der Waals surface area contributed by atoms with E-state index in [4.69, 9.17) is 16.3 Å². The number of carboxylic acid groups (broad SMARTS) is 1. The maximum atomic E-state index is 12.7. The third-order valence-electron chi connectivity index (χ3n) is 3.65. The van der Waals surface area contributed by atoms with Crippen molar-refractivity contribution in [2.45, 2.75) is 0 Å². The standard InChI is InChI=1S/C18H14ClN3O4/c1-26-16-12(17(23)22(21-16)11-6-3-2-4-7-11)10-20-14-9-5-8-13(19)15(14)18(24)25/h2-10,21H,1H3,(H,24,25). The zero-order chi connectivity index (χ0) is 18.7. The third-order valence-corrected chi connectivity index (χ3v) is 3.96. The zero-order valence-electron chi connectivity index (χ0n) is 13.6. The number of rotatable bonds is 5. The van der Waals surface area contributed by atoms with Crippen molar-refractivity contribution in [3.05, 3.63) is 75.0 Å². The number of nitrogens with one attached hydrogen (secondary N) is 1. The van der Waals surface area contributed by atoms with Crippen LogP contribution in [-0.4, -0.2) is 34.2 Å². The van der Waals surface area contributed by atoms with E-state index < -0.39 is 5.97 Å². The molecular formula is C18H14ClN3O4. The molecule has 7 nitrogen and oxygen atoms in total. The normalized spacial score (nSPS) is 11.0. The Morgan fingerprint density at radius 3 is 2.62 bits per heavy atom. The van der Waals surface area contributed by atoms with E-state index in [2.05, 4.69) is 10.1 Å². The molecule has 2 N–H and O–H groups in total. The fourth-order valence-electron chi connectivity index (χ4n) is 2.42. The average Bonchev–Trinajstić information content (AvgIpc) is 2.96. The van der Waals surface area contributed by atoms with E-state index in [9.17, 15) is 14.7 Å². The van der Waals surface area contributed by atoms with E-state index in [-0.39, 0.29) is 33.3 Å². The molecule has 0 unspecified atom stereocenters. The topological polar surface area (TPSA) is 96.7 Å². The monoisotopic (exact) mass is 371 g/mol. The number of carbonyl (C=O) groups is 1. The van der Waals surface area contributed by atoms with Crippen molar-refractivity contribution in [2.24, 2.45) is 4.99 Å². The lowest BCUT2D eigenvalue weighted by molar-refractivity contribution is 0.0698. The molecule has 0 aliphatic carbocycles. The first-order chi connectivity index (χ1) is 12.5. The minimum atomic E-state index is -1.20. The van der Waals surface area contributed by atoms with E-state index in [1.807, 2.05) is 6.07 Å². The quantitative estimate of drug-likeness (QED) is 0.672. The summed E-state index contributed by atoms with van der Waals surface area (Å²) >= 11 is 5.93. The first-order valence-corrected chi connectivity index (χ1v) is 7.91. The Morgan fingerprint density at radius 2 is 1.96 bits per heavy atom. The van der Waals surface area contributed by atoms with Crippen LogP contribution in [0.3, 0.4) is 0 Å². The maximum Gasteiger partial charge on any atom is 0.339 e. The molecule has 0 aliphatic heterocycles. The lowest BCUT2D eigenvalue weighted by Crippen LogP contribution is -2.17. The second kappa shape index (κ2) is 7.28. The van der Waals surface area contributed by atoms with Gasteiger partial charge in [-0.05, 0) is 24.3 Å². The molecule has 0 saturated heterocycles. The molecule has 0 spiro atoms. The van der Waals surface area contributed by atoms with Crippen molar-refractivity contribution in [3.8, 4) is 11.6 Å². The minimum Gasteiger partial charge on any atom is -0.481 e. The van der Waals surface area contributed by atoms with Gasteiger partial charge in [0.15, 0.2) is 0 Å². The van der Waals surface area contributed by atoms with Crippen molar-refractivity contribution >= 4 is 29.5 Å². The summed E-state index contributed by atoms with van der Waals surface area (Å²) in [4.78, 5) is 28.2. The fourth-order valence-corrected chi connectivity index (χ4v) is 2.67. The summed E-state index contributed by atoms with van der Waals surface area (Å²) < 4.78 is 6.52. The Balaban J connectivity index is 2.08. The van der Waals surface area contributed by atoms with Crippen molar-refractivity contribution < 1.29 is 14.6 Å². The summed E-state index contributed by atoms with van der Waals surface area (Å²) in [5.74, 6) is -0.994. The highest BCUT2D eigenvalue weighted by molar-refractivity contribution is 6.34. The van der Waals surface area contributed by atoms with Crippen LogP contribution in [0.25, 0.3) is 5.69 Å². The van der Waals surface area contributed by atoms with Crippen LogP contribution in [0.1, 0.15) is 15.9 Å². The lowest BCUT2D eigenvalue weighted by atomic mass is 10.2. The average molecular weight is 372 g/mol. The molecule has 0 bridgehead atoms. The highest BCUT2D eigenvalue weighted by Gasteiger charge is 2.16. The number of aromatic carboxylic acids is 1. The van der Waals surface area contributed by atoms with Crippen LogP contribution in [0.5, 0.6) is 5.88 Å². The van der Waals surface area contributed by atoms with Crippen LogP contribution >= 0.6 is 11.6 Å². The Morgan fingerprint density at radius 1 is 1.23 bits per heavy atom. The number of H-pyrrole nitrogens is 1. The van der Waals surface area contributed by atoms with E-state index in [0.29, 0.717) is 5.69 Å². The first-order valence-electron chi connectivity index (χ1n) is 7.53. The molecular weight excluding hydrogens is 358 g/mol. The Bertz CT molecular complexity index is 1040. The van der Waals surface area contributed by atoms with Crippen molar-refractivity contribution in [2.75, 3.05) is 7.11 Å². The number of benzene rings is 2. The number of hydrogen-bond acceptors (Lipinski definition) is 4. The van der Waals surface area contributed by atoms with Crippen molar-refractivity contribution in [1.82, 2.24) is 9.78 Å². The molecule has 0 saturated carbocycles. The number of para-hydroxylation sites is 1. The molecule has 1 heterocycles. The predicted molar refractivity (Wildman–Crippen MR) is 98.6 cm³/mol. The summed E-state index contributed by atoms with van der Waals surface area (Å²) in [6.45, 7) is 0. The molecule has 3 rings (SSSR count). The van der Waals surface area contributed by atoms with Crippen molar-refractivity contribution in [3.63, 3.8) is 0 Å². The van der Waals surface area contributed by atoms with Crippen molar-refractivity contribution in [1.29, 1.82) is 0 Å². The third kappa shape index (κ3) is 3.25. The number of nitrogens with zero attached hydrogens (tertiary/aromatic N) is 2. The van der Waals surface area contributed by atoms with Gasteiger partial charge in [-0.3, -0.25) is 14.9 Å². The number of halogens is 1. The molecule has 26 heavy (non-hydrogen) atoms. The maximum absolute atomic E-state index is 12.7. The summed E-state index contributed by atoms with van der Waals surface area (Å²) in [5, 5.41) is 12.2. The highest BCUT2D eigenvalue weighted by atomic mass is 35.5. The summed E-state index contributed by atoms with van der Waals surface area (Å²) in [6.07, 6.45) is 1.26. The number of carboxylic acids is 1. The van der Waals surface area contributed by atoms with Gasteiger partial charge < -0.3 is 9.84 Å². The number of hydrogen-bond donors (Lipinski definition) is 2. The second-order valence-electron chi connectivity index (χ2n) is 5.23. The van der Waals surface area contributed by atoms with Gasteiger partial charge in [-0.25, -0.2) is 9.48 Å². The number of ether oxygens (including phenoxy) is 1. The molecule has 8 heteroatoms. The molecule has 132 valence electrons. The molecule has 1 aromatic heterocycles. The largest absolute Gasteiger partial charge is 0.481 e. The highest BCUT2D eigenvalue weighted by Crippen LogP contribution is 2.27. The van der Waals surface area contributed by atoms with Crippen LogP contribution in [0, 0.1) is 0 Å². The Labute approximate surface area is 153 Å². The van der Waals surface area contributed by atoms with E-state index in [1.165, 1.54) is 30.1 Å². The lowest BCUT2D eigenvalue weighted by Gasteiger charge is -2.02. The molecule has 0 radical (unpaired) electrons. The van der Waals surface area contributed by atoms with Crippen LogP contribution < -0.4 is 10.3 Å². The Hall–Kier alpha value is -3.32. The predicted octanol–water partition coefficient (Wildman–Crippen LogP) is 3.28. The van der Waals surface area contributed by atoms with E-state index >= 15 is 0 Å². The van der Waals surface area contributed by atoms with Gasteiger partial charge in [-0.2, -0.15) is 0 Å². The van der Waals surface area contributed by atoms with Gasteiger partial charge in [0.2, 0.25) is 5.88 Å². The number of aromatic nitrogens is 2. The van der Waals surface area contributed by atoms with Crippen LogP contribution in [0.15, 0.2) is 58.3 Å². The molecule has 0 atom stereocenters. The molecule has 0 amide bonds. The van der Waals surface area contributed by atoms with E-state index in [0.717, 1.165) is 0 Å². The number of aliphatic imine (C=N–C) groups is 1. The van der Waals surface area contributed by atoms with Gasteiger partial charge in [-0.1, -0.05) is 35.9 Å². The van der Waals surface area contributed by atoms with Gasteiger partial charge >= 0.3 is 5.97 Å². The van der Waals surface area contributed by atoms with Crippen LogP contribution in [-0.2, 0) is 0 Å². The van der Waals surface area contributed by atoms with E-state index in [1.54, 1.807) is 30.3 Å². The van der Waals surface area contributed by atoms with Crippen LogP contribution in [0.2, 0.25) is 5.02 Å². The molecule has 0 fully saturated rings. The smallest absolute Gasteiger partial charge is 0.339 e. The number of methoxy groups -OCH3 is 1. The van der Waals surface area contributed by atoms with Gasteiger partial charge in [-0.15, -0.1) is 0 Å². The summed E-state index contributed by atoms with van der Waals surface area (Å²) in [6, 6.07) is 13.5. The second-order valence-corrected chi connectivity index (χ2v) is 5.64. The summed E-state index contributed by atoms with van der Waals surface area (Å²) in [7, 11) is 1.42. The number of aromatic amines is 1. The molecule has 2 aromatic carbocycles.